The topological polar surface area (TPSA) is 51.6 Å². The van der Waals surface area contributed by atoms with E-state index in [0.717, 1.165) is 5.56 Å². The lowest BCUT2D eigenvalue weighted by molar-refractivity contribution is 1.12. The Morgan fingerprint density at radius 2 is 1.58 bits per heavy atom. The van der Waals surface area contributed by atoms with Crippen LogP contribution in [0.15, 0.2) is 37.2 Å². The van der Waals surface area contributed by atoms with E-state index in [-0.39, 0.29) is 0 Å². The molecule has 4 nitrogen and oxygen atoms in total. The van der Waals surface area contributed by atoms with Crippen LogP contribution in [0.5, 0.6) is 0 Å². The lowest BCUT2D eigenvalue weighted by atomic mass is 10.3. The van der Waals surface area contributed by atoms with Crippen molar-refractivity contribution in [2.45, 2.75) is 0 Å². The van der Waals surface area contributed by atoms with E-state index >= 15 is 0 Å². The van der Waals surface area contributed by atoms with E-state index in [4.69, 9.17) is 0 Å². The van der Waals surface area contributed by atoms with Crippen molar-refractivity contribution in [2.75, 3.05) is 0 Å². The van der Waals surface area contributed by atoms with Crippen LogP contribution in [0.3, 0.4) is 0 Å². The molecule has 0 atom stereocenters. The third kappa shape index (κ3) is 1.27. The first kappa shape index (κ1) is 6.84. The fourth-order valence-electron chi connectivity index (χ4n) is 0.863. The fraction of sp³-hybridized carbons (Fsp3) is 0. The summed E-state index contributed by atoms with van der Waals surface area (Å²) in [5.74, 6) is 0.651. The summed E-state index contributed by atoms with van der Waals surface area (Å²) in [7, 11) is 0. The molecule has 2 aromatic heterocycles. The predicted molar refractivity (Wildman–Crippen MR) is 43.1 cm³/mol. The van der Waals surface area contributed by atoms with Crippen LogP contribution in [-0.4, -0.2) is 19.9 Å². The Balaban J connectivity index is 2.46. The zero-order valence-corrected chi connectivity index (χ0v) is 6.25. The van der Waals surface area contributed by atoms with Crippen LogP contribution in [-0.2, 0) is 0 Å². The van der Waals surface area contributed by atoms with Gasteiger partial charge in [-0.2, -0.15) is 0 Å². The highest BCUT2D eigenvalue weighted by Crippen LogP contribution is 2.08. The van der Waals surface area contributed by atoms with E-state index in [2.05, 4.69) is 19.9 Å². The molecule has 0 saturated carbocycles. The summed E-state index contributed by atoms with van der Waals surface area (Å²) < 4.78 is 0. The van der Waals surface area contributed by atoms with Gasteiger partial charge in [-0.15, -0.1) is 0 Å². The summed E-state index contributed by atoms with van der Waals surface area (Å²) in [5, 5.41) is 0. The number of nitrogens with zero attached hydrogens (tertiary/aromatic N) is 4. The minimum atomic E-state index is 0.651. The third-order valence-electron chi connectivity index (χ3n) is 1.38. The van der Waals surface area contributed by atoms with Crippen LogP contribution in [0.25, 0.3) is 11.4 Å². The Hall–Kier alpha value is -1.84. The van der Waals surface area contributed by atoms with Crippen molar-refractivity contribution >= 4 is 0 Å². The van der Waals surface area contributed by atoms with Crippen molar-refractivity contribution in [3.63, 3.8) is 0 Å². The SMILES string of the molecule is c1cnc(-c2cncnc2)nc1. The zero-order chi connectivity index (χ0) is 8.23. The van der Waals surface area contributed by atoms with Crippen LogP contribution >= 0.6 is 0 Å². The maximum absolute atomic E-state index is 4.06. The van der Waals surface area contributed by atoms with Gasteiger partial charge in [0.15, 0.2) is 5.82 Å². The second-order valence-electron chi connectivity index (χ2n) is 2.20. The third-order valence-corrected chi connectivity index (χ3v) is 1.38. The molecular formula is C8H6N4. The first-order chi connectivity index (χ1) is 5.97. The summed E-state index contributed by atoms with van der Waals surface area (Å²) >= 11 is 0. The second-order valence-corrected chi connectivity index (χ2v) is 2.20. The first-order valence-electron chi connectivity index (χ1n) is 3.49. The van der Waals surface area contributed by atoms with Gasteiger partial charge in [0.25, 0.3) is 0 Å². The Morgan fingerprint density at radius 3 is 2.25 bits per heavy atom. The van der Waals surface area contributed by atoms with E-state index in [1.54, 1.807) is 30.9 Å². The second kappa shape index (κ2) is 3.04. The van der Waals surface area contributed by atoms with Crippen LogP contribution in [0.4, 0.5) is 0 Å². The van der Waals surface area contributed by atoms with Crippen LogP contribution in [0.2, 0.25) is 0 Å². The molecule has 12 heavy (non-hydrogen) atoms. The molecule has 0 amide bonds. The van der Waals surface area contributed by atoms with E-state index in [1.807, 2.05) is 0 Å². The van der Waals surface area contributed by atoms with Gasteiger partial charge in [-0.25, -0.2) is 19.9 Å². The maximum atomic E-state index is 4.06. The molecule has 58 valence electrons. The Bertz CT molecular complexity index is 308. The molecule has 2 aromatic rings. The minimum absolute atomic E-state index is 0.651. The van der Waals surface area contributed by atoms with Gasteiger partial charge in [0, 0.05) is 24.8 Å². The first-order valence-corrected chi connectivity index (χ1v) is 3.49. The average Bonchev–Trinajstić information content (AvgIpc) is 2.21. The van der Waals surface area contributed by atoms with Gasteiger partial charge < -0.3 is 0 Å². The lowest BCUT2D eigenvalue weighted by Gasteiger charge is -1.94. The van der Waals surface area contributed by atoms with E-state index < -0.39 is 0 Å². The highest BCUT2D eigenvalue weighted by atomic mass is 14.9. The molecule has 0 radical (unpaired) electrons. The number of hydrogen-bond donors (Lipinski definition) is 0. The van der Waals surface area contributed by atoms with Crippen molar-refractivity contribution in [3.8, 4) is 11.4 Å². The summed E-state index contributed by atoms with van der Waals surface area (Å²) in [5.41, 5.74) is 0.832. The van der Waals surface area contributed by atoms with Crippen molar-refractivity contribution in [1.29, 1.82) is 0 Å². The molecule has 0 N–H and O–H groups in total. The normalized spacial score (nSPS) is 9.67. The van der Waals surface area contributed by atoms with Gasteiger partial charge in [-0.3, -0.25) is 0 Å². The minimum Gasteiger partial charge on any atom is -0.244 e. The van der Waals surface area contributed by atoms with Gasteiger partial charge in [-0.05, 0) is 6.07 Å². The Kier molecular flexibility index (Phi) is 1.74. The molecule has 0 aliphatic heterocycles. The van der Waals surface area contributed by atoms with Crippen LogP contribution < -0.4 is 0 Å². The van der Waals surface area contributed by atoms with Crippen LogP contribution in [0.1, 0.15) is 0 Å². The molecule has 0 saturated heterocycles. The van der Waals surface area contributed by atoms with Gasteiger partial charge in [-0.1, -0.05) is 0 Å². The highest BCUT2D eigenvalue weighted by Gasteiger charge is 1.97. The fourth-order valence-corrected chi connectivity index (χ4v) is 0.863. The smallest absolute Gasteiger partial charge is 0.162 e. The Labute approximate surface area is 69.4 Å². The summed E-state index contributed by atoms with van der Waals surface area (Å²) in [6.07, 6.45) is 8.22. The van der Waals surface area contributed by atoms with E-state index in [0.29, 0.717) is 5.82 Å². The zero-order valence-electron chi connectivity index (χ0n) is 6.25. The lowest BCUT2D eigenvalue weighted by Crippen LogP contribution is -1.87. The quantitative estimate of drug-likeness (QED) is 0.619. The molecule has 0 aliphatic carbocycles. The van der Waals surface area contributed by atoms with E-state index in [9.17, 15) is 0 Å². The average molecular weight is 158 g/mol. The summed E-state index contributed by atoms with van der Waals surface area (Å²) in [4.78, 5) is 15.9. The standard InChI is InChI=1S/C8H6N4/c1-2-11-8(12-3-1)7-4-9-6-10-5-7/h1-6H. The number of hydrogen-bond acceptors (Lipinski definition) is 4. The molecule has 4 heteroatoms. The van der Waals surface area contributed by atoms with Gasteiger partial charge in [0.2, 0.25) is 0 Å². The largest absolute Gasteiger partial charge is 0.244 e. The number of rotatable bonds is 1. The van der Waals surface area contributed by atoms with Crippen LogP contribution in [0, 0.1) is 0 Å². The molecule has 2 rings (SSSR count). The molecule has 2 heterocycles. The van der Waals surface area contributed by atoms with Gasteiger partial charge in [0.05, 0.1) is 5.56 Å². The molecule has 0 unspecified atom stereocenters. The van der Waals surface area contributed by atoms with Gasteiger partial charge >= 0.3 is 0 Å². The van der Waals surface area contributed by atoms with E-state index in [1.165, 1.54) is 6.33 Å². The summed E-state index contributed by atoms with van der Waals surface area (Å²) in [6.45, 7) is 0. The molecule has 0 fully saturated rings. The predicted octanol–water partition coefficient (Wildman–Crippen LogP) is 0.934. The highest BCUT2D eigenvalue weighted by molar-refractivity contribution is 5.50. The van der Waals surface area contributed by atoms with Crippen molar-refractivity contribution in [2.24, 2.45) is 0 Å². The number of aromatic nitrogens is 4. The van der Waals surface area contributed by atoms with Gasteiger partial charge in [0.1, 0.15) is 6.33 Å². The van der Waals surface area contributed by atoms with Crippen molar-refractivity contribution in [1.82, 2.24) is 19.9 Å². The van der Waals surface area contributed by atoms with Crippen molar-refractivity contribution in [3.05, 3.63) is 37.2 Å². The molecule has 0 aliphatic rings. The molecule has 0 spiro atoms. The molecule has 0 aromatic carbocycles. The maximum Gasteiger partial charge on any atom is 0.162 e. The summed E-state index contributed by atoms with van der Waals surface area (Å²) in [6, 6.07) is 1.77. The van der Waals surface area contributed by atoms with Crippen molar-refractivity contribution < 1.29 is 0 Å². The molecular weight excluding hydrogens is 152 g/mol. The molecule has 0 bridgehead atoms. The Morgan fingerprint density at radius 1 is 0.917 bits per heavy atom. The monoisotopic (exact) mass is 158 g/mol.